The molecule has 2 aromatic heterocycles. The number of hydrogen-bond acceptors (Lipinski definition) is 8. The summed E-state index contributed by atoms with van der Waals surface area (Å²) in [5.41, 5.74) is 0. The summed E-state index contributed by atoms with van der Waals surface area (Å²) in [4.78, 5) is 11.0. The summed E-state index contributed by atoms with van der Waals surface area (Å²) in [5, 5.41) is 4.07. The Bertz CT molecular complexity index is 950. The van der Waals surface area contributed by atoms with Gasteiger partial charge in [-0.25, -0.2) is 13.4 Å². The Morgan fingerprint density at radius 3 is 2.63 bits per heavy atom. The van der Waals surface area contributed by atoms with E-state index in [9.17, 15) is 8.42 Å². The number of anilines is 1. The van der Waals surface area contributed by atoms with Crippen LogP contribution in [0.5, 0.6) is 5.88 Å². The van der Waals surface area contributed by atoms with Gasteiger partial charge in [-0.3, -0.25) is 0 Å². The Hall–Kier alpha value is -2.16. The van der Waals surface area contributed by atoms with Gasteiger partial charge in [0, 0.05) is 37.5 Å². The van der Waals surface area contributed by atoms with Crippen molar-refractivity contribution in [2.75, 3.05) is 30.9 Å². The van der Waals surface area contributed by atoms with Gasteiger partial charge in [0.05, 0.1) is 11.5 Å². The first-order valence-electron chi connectivity index (χ1n) is 10.7. The fourth-order valence-electron chi connectivity index (χ4n) is 4.27. The van der Waals surface area contributed by atoms with Gasteiger partial charge >= 0.3 is 6.01 Å². The monoisotopic (exact) mass is 434 g/mol. The lowest BCUT2D eigenvalue weighted by Crippen LogP contribution is -2.34. The van der Waals surface area contributed by atoms with E-state index in [0.717, 1.165) is 50.0 Å². The quantitative estimate of drug-likeness (QED) is 0.624. The van der Waals surface area contributed by atoms with E-state index in [1.54, 1.807) is 12.1 Å². The summed E-state index contributed by atoms with van der Waals surface area (Å²) in [6, 6.07) is 3.82. The van der Waals surface area contributed by atoms with Gasteiger partial charge in [-0.05, 0) is 49.5 Å². The van der Waals surface area contributed by atoms with Gasteiger partial charge in [0.25, 0.3) is 0 Å². The Morgan fingerprint density at radius 1 is 1.27 bits per heavy atom. The van der Waals surface area contributed by atoms with Gasteiger partial charge in [-0.2, -0.15) is 4.98 Å². The first-order chi connectivity index (χ1) is 14.3. The zero-order valence-electron chi connectivity index (χ0n) is 17.8. The second-order valence-corrected chi connectivity index (χ2v) is 10.8. The van der Waals surface area contributed by atoms with E-state index >= 15 is 0 Å². The van der Waals surface area contributed by atoms with Crippen molar-refractivity contribution in [3.8, 4) is 5.88 Å². The van der Waals surface area contributed by atoms with E-state index in [2.05, 4.69) is 33.9 Å². The van der Waals surface area contributed by atoms with Crippen molar-refractivity contribution in [2.24, 2.45) is 17.8 Å². The van der Waals surface area contributed by atoms with Crippen LogP contribution in [0.25, 0.3) is 0 Å². The molecule has 0 amide bonds. The summed E-state index contributed by atoms with van der Waals surface area (Å²) >= 11 is 0. The van der Waals surface area contributed by atoms with E-state index in [4.69, 9.17) is 9.26 Å². The molecule has 0 radical (unpaired) electrons. The molecule has 1 saturated heterocycles. The smallest absolute Gasteiger partial charge is 0.324 e. The molecule has 2 aliphatic rings. The number of ether oxygens (including phenoxy) is 1. The highest BCUT2D eigenvalue weighted by molar-refractivity contribution is 7.90. The lowest BCUT2D eigenvalue weighted by molar-refractivity contribution is 0.274. The van der Waals surface area contributed by atoms with Crippen LogP contribution < -0.4 is 9.64 Å². The number of nitrogens with zero attached hydrogens (tertiary/aromatic N) is 4. The van der Waals surface area contributed by atoms with Gasteiger partial charge in [-0.15, -0.1) is 0 Å². The zero-order chi connectivity index (χ0) is 21.3. The number of hydrogen-bond donors (Lipinski definition) is 0. The summed E-state index contributed by atoms with van der Waals surface area (Å²) in [7, 11) is -3.22. The molecule has 0 N–H and O–H groups in total. The molecule has 0 bridgehead atoms. The molecule has 1 aliphatic heterocycles. The minimum Gasteiger partial charge on any atom is -0.478 e. The Kier molecular flexibility index (Phi) is 5.99. The van der Waals surface area contributed by atoms with Gasteiger partial charge in [-0.1, -0.05) is 19.0 Å². The molecule has 4 rings (SSSR count). The summed E-state index contributed by atoms with van der Waals surface area (Å²) in [5.74, 6) is 3.79. The maximum absolute atomic E-state index is 11.5. The second kappa shape index (κ2) is 8.53. The van der Waals surface area contributed by atoms with E-state index < -0.39 is 9.84 Å². The van der Waals surface area contributed by atoms with E-state index in [1.165, 1.54) is 18.9 Å². The van der Waals surface area contributed by atoms with Crippen LogP contribution in [-0.2, 0) is 9.84 Å². The van der Waals surface area contributed by atoms with Gasteiger partial charge in [0.2, 0.25) is 5.88 Å². The highest BCUT2D eigenvalue weighted by Gasteiger charge is 2.43. The summed E-state index contributed by atoms with van der Waals surface area (Å²) in [6.07, 6.45) is 7.14. The van der Waals surface area contributed by atoms with Crippen molar-refractivity contribution in [1.29, 1.82) is 0 Å². The van der Waals surface area contributed by atoms with Crippen molar-refractivity contribution >= 4 is 15.9 Å². The van der Waals surface area contributed by atoms with Crippen molar-refractivity contribution in [3.63, 3.8) is 0 Å². The number of aromatic nitrogens is 3. The maximum atomic E-state index is 11.5. The molecule has 2 fully saturated rings. The molecule has 0 unspecified atom stereocenters. The molecular weight excluding hydrogens is 404 g/mol. The molecule has 1 aliphatic carbocycles. The average molecular weight is 435 g/mol. The predicted octanol–water partition coefficient (Wildman–Crippen LogP) is 3.31. The number of rotatable bonds is 8. The molecule has 2 atom stereocenters. The maximum Gasteiger partial charge on any atom is 0.324 e. The normalized spacial score (nSPS) is 22.5. The van der Waals surface area contributed by atoms with E-state index in [0.29, 0.717) is 24.4 Å². The standard InChI is InChI=1S/C21H30N4O4S/c1-14(2)20-23-21(29-24-20)25-9-6-15(7-10-25)18-12-16(18)8-11-28-19-5-4-17(13-22-19)30(3,26)27/h4-5,13-16,18H,6-12H2,1-3H3/t16-,18-/m1/s1. The highest BCUT2D eigenvalue weighted by Crippen LogP contribution is 2.49. The topological polar surface area (TPSA) is 98.4 Å². The molecule has 1 saturated carbocycles. The highest BCUT2D eigenvalue weighted by atomic mass is 32.2. The Balaban J connectivity index is 1.18. The van der Waals surface area contributed by atoms with Crippen LogP contribution in [0.3, 0.4) is 0 Å². The van der Waals surface area contributed by atoms with E-state index in [1.807, 2.05) is 0 Å². The SMILES string of the molecule is CC(C)c1noc(N2CCC([C@H]3C[C@H]3CCOc3ccc(S(C)(=O)=O)cn3)CC2)n1. The number of piperidine rings is 1. The minimum absolute atomic E-state index is 0.212. The van der Waals surface area contributed by atoms with Gasteiger partial charge in [0.1, 0.15) is 0 Å². The van der Waals surface area contributed by atoms with E-state index in [-0.39, 0.29) is 10.8 Å². The van der Waals surface area contributed by atoms with Crippen LogP contribution >= 0.6 is 0 Å². The van der Waals surface area contributed by atoms with Crippen molar-refractivity contribution in [2.45, 2.75) is 50.3 Å². The molecule has 8 nitrogen and oxygen atoms in total. The zero-order valence-corrected chi connectivity index (χ0v) is 18.6. The molecule has 0 spiro atoms. The largest absolute Gasteiger partial charge is 0.478 e. The van der Waals surface area contributed by atoms with Crippen LogP contribution in [-0.4, -0.2) is 49.5 Å². The van der Waals surface area contributed by atoms with Crippen molar-refractivity contribution < 1.29 is 17.7 Å². The lowest BCUT2D eigenvalue weighted by atomic mass is 9.90. The number of sulfone groups is 1. The van der Waals surface area contributed by atoms with Crippen LogP contribution in [0.2, 0.25) is 0 Å². The molecular formula is C21H30N4O4S. The fraction of sp³-hybridized carbons (Fsp3) is 0.667. The van der Waals surface area contributed by atoms with Crippen LogP contribution in [0.15, 0.2) is 27.7 Å². The first-order valence-corrected chi connectivity index (χ1v) is 12.6. The third-order valence-corrected chi connectivity index (χ3v) is 7.31. The van der Waals surface area contributed by atoms with Crippen LogP contribution in [0, 0.1) is 17.8 Å². The lowest BCUT2D eigenvalue weighted by Gasteiger charge is -2.30. The van der Waals surface area contributed by atoms with Crippen LogP contribution in [0.4, 0.5) is 6.01 Å². The molecule has 0 aromatic carbocycles. The third kappa shape index (κ3) is 4.94. The van der Waals surface area contributed by atoms with Gasteiger partial charge in [0.15, 0.2) is 15.7 Å². The minimum atomic E-state index is -3.22. The molecule has 9 heteroatoms. The summed E-state index contributed by atoms with van der Waals surface area (Å²) < 4.78 is 34.1. The second-order valence-electron chi connectivity index (χ2n) is 8.82. The third-order valence-electron chi connectivity index (χ3n) is 6.22. The first kappa shape index (κ1) is 21.1. The Labute approximate surface area is 177 Å². The molecule has 30 heavy (non-hydrogen) atoms. The number of pyridine rings is 1. The van der Waals surface area contributed by atoms with Crippen molar-refractivity contribution in [1.82, 2.24) is 15.1 Å². The summed E-state index contributed by atoms with van der Waals surface area (Å²) in [6.45, 7) is 6.70. The van der Waals surface area contributed by atoms with Crippen LogP contribution in [0.1, 0.15) is 51.3 Å². The van der Waals surface area contributed by atoms with Crippen molar-refractivity contribution in [3.05, 3.63) is 24.2 Å². The molecule has 2 aromatic rings. The average Bonchev–Trinajstić information content (AvgIpc) is 3.30. The Morgan fingerprint density at radius 2 is 2.03 bits per heavy atom. The fourth-order valence-corrected chi connectivity index (χ4v) is 4.83. The van der Waals surface area contributed by atoms with Gasteiger partial charge < -0.3 is 14.2 Å². The molecule has 3 heterocycles. The predicted molar refractivity (Wildman–Crippen MR) is 112 cm³/mol. The molecule has 164 valence electrons.